The van der Waals surface area contributed by atoms with Crippen LogP contribution in [0.1, 0.15) is 29.4 Å². The van der Waals surface area contributed by atoms with Crippen molar-refractivity contribution in [2.75, 3.05) is 13.2 Å². The van der Waals surface area contributed by atoms with E-state index >= 15 is 0 Å². The van der Waals surface area contributed by atoms with Crippen molar-refractivity contribution in [3.63, 3.8) is 0 Å². The molecule has 0 amide bonds. The lowest BCUT2D eigenvalue weighted by Crippen LogP contribution is -2.19. The van der Waals surface area contributed by atoms with E-state index in [9.17, 15) is 13.6 Å². The maximum Gasteiger partial charge on any atom is 0.236 e. The molecule has 0 bridgehead atoms. The van der Waals surface area contributed by atoms with Crippen LogP contribution in [0.2, 0.25) is 0 Å². The summed E-state index contributed by atoms with van der Waals surface area (Å²) in [6.07, 6.45) is 2.72. The molecule has 1 fully saturated rings. The van der Waals surface area contributed by atoms with Crippen LogP contribution in [0.5, 0.6) is 0 Å². The molecule has 1 atom stereocenters. The maximum atomic E-state index is 14.8. The lowest BCUT2D eigenvalue weighted by molar-refractivity contribution is 0.193. The van der Waals surface area contributed by atoms with Gasteiger partial charge in [0.15, 0.2) is 22.7 Å². The lowest BCUT2D eigenvalue weighted by atomic mass is 10.0. The number of pyridine rings is 1. The Morgan fingerprint density at radius 3 is 2.71 bits per heavy atom. The third kappa shape index (κ3) is 3.69. The van der Waals surface area contributed by atoms with E-state index in [4.69, 9.17) is 4.74 Å². The number of benzene rings is 1. The average Bonchev–Trinajstić information content (AvgIpc) is 3.51. The molecule has 176 valence electrons. The molecule has 5 heterocycles. The molecule has 0 saturated carbocycles. The van der Waals surface area contributed by atoms with Crippen molar-refractivity contribution in [3.05, 3.63) is 75.5 Å². The zero-order valence-electron chi connectivity index (χ0n) is 18.9. The van der Waals surface area contributed by atoms with Crippen molar-refractivity contribution < 1.29 is 13.5 Å². The molecule has 35 heavy (non-hydrogen) atoms. The summed E-state index contributed by atoms with van der Waals surface area (Å²) in [4.78, 5) is 27.6. The Morgan fingerprint density at radius 1 is 1.11 bits per heavy atom. The first-order valence-corrected chi connectivity index (χ1v) is 11.9. The quantitative estimate of drug-likeness (QED) is 0.359. The fourth-order valence-corrected chi connectivity index (χ4v) is 5.24. The van der Waals surface area contributed by atoms with Gasteiger partial charge in [-0.25, -0.2) is 23.4 Å². The fraction of sp³-hybridized carbons (Fsp3) is 0.240. The summed E-state index contributed by atoms with van der Waals surface area (Å²) in [5.74, 6) is -1.28. The third-order valence-corrected chi connectivity index (χ3v) is 7.36. The van der Waals surface area contributed by atoms with Crippen LogP contribution in [0.25, 0.3) is 37.5 Å². The molecule has 1 saturated heterocycles. The topological polar surface area (TPSA) is 82.8 Å². The van der Waals surface area contributed by atoms with Crippen LogP contribution >= 0.6 is 11.3 Å². The van der Waals surface area contributed by atoms with Gasteiger partial charge in [-0.2, -0.15) is 5.10 Å². The Morgan fingerprint density at radius 2 is 1.94 bits per heavy atom. The summed E-state index contributed by atoms with van der Waals surface area (Å²) in [7, 11) is 0. The third-order valence-electron chi connectivity index (χ3n) is 6.26. The first kappa shape index (κ1) is 21.9. The van der Waals surface area contributed by atoms with Crippen molar-refractivity contribution in [1.29, 1.82) is 0 Å². The van der Waals surface area contributed by atoms with E-state index in [1.54, 1.807) is 20.0 Å². The van der Waals surface area contributed by atoms with Crippen molar-refractivity contribution >= 4 is 32.6 Å². The van der Waals surface area contributed by atoms with Crippen LogP contribution in [-0.4, -0.2) is 37.9 Å². The molecule has 0 aliphatic carbocycles. The molecule has 4 aromatic heterocycles. The Labute approximate surface area is 202 Å². The van der Waals surface area contributed by atoms with Gasteiger partial charge in [-0.15, -0.1) is 11.3 Å². The van der Waals surface area contributed by atoms with E-state index in [0.29, 0.717) is 22.9 Å². The van der Waals surface area contributed by atoms with E-state index in [1.165, 1.54) is 22.1 Å². The number of fused-ring (bicyclic) bond motifs is 2. The molecule has 0 unspecified atom stereocenters. The standard InChI is InChI=1S/C25H19F2N5O2S/c1-12-13(2)30-25-23(29-12)24(33)22(31-32(25)19-4-3-16(26)9-17(19)27)20-8-15-7-18(14-5-6-34-11-14)28-10-21(15)35-20/h3-4,7-10,14H,5-6,11H2,1-2H3/t14-/m0/s1. The number of hydrogen-bond acceptors (Lipinski definition) is 7. The summed E-state index contributed by atoms with van der Waals surface area (Å²) in [5.41, 5.74) is 1.99. The molecular formula is C25H19F2N5O2S. The lowest BCUT2D eigenvalue weighted by Gasteiger charge is -2.12. The average molecular weight is 492 g/mol. The van der Waals surface area contributed by atoms with Crippen molar-refractivity contribution in [1.82, 2.24) is 24.7 Å². The van der Waals surface area contributed by atoms with Gasteiger partial charge in [0.05, 0.1) is 27.6 Å². The SMILES string of the molecule is Cc1nc2c(=O)c(-c3cc4cc([C@H]5CCOC5)ncc4s3)nn(-c3ccc(F)cc3F)c2nc1C. The monoisotopic (exact) mass is 491 g/mol. The highest BCUT2D eigenvalue weighted by Crippen LogP contribution is 2.34. The largest absolute Gasteiger partial charge is 0.381 e. The van der Waals surface area contributed by atoms with Crippen LogP contribution in [-0.2, 0) is 4.74 Å². The maximum absolute atomic E-state index is 14.8. The molecule has 1 aliphatic heterocycles. The van der Waals surface area contributed by atoms with E-state index in [2.05, 4.69) is 20.1 Å². The minimum Gasteiger partial charge on any atom is -0.381 e. The van der Waals surface area contributed by atoms with Gasteiger partial charge >= 0.3 is 0 Å². The van der Waals surface area contributed by atoms with Gasteiger partial charge < -0.3 is 4.74 Å². The smallest absolute Gasteiger partial charge is 0.236 e. The number of aromatic nitrogens is 5. The van der Waals surface area contributed by atoms with Gasteiger partial charge in [0.25, 0.3) is 0 Å². The van der Waals surface area contributed by atoms with Gasteiger partial charge in [-0.05, 0) is 49.9 Å². The number of nitrogens with zero attached hydrogens (tertiary/aromatic N) is 5. The normalized spacial score (nSPS) is 15.9. The predicted octanol–water partition coefficient (Wildman–Crippen LogP) is 4.85. The minimum atomic E-state index is -0.822. The number of rotatable bonds is 3. The Balaban J connectivity index is 1.59. The van der Waals surface area contributed by atoms with E-state index < -0.39 is 17.1 Å². The molecule has 0 radical (unpaired) electrons. The fourth-order valence-electron chi connectivity index (χ4n) is 4.25. The summed E-state index contributed by atoms with van der Waals surface area (Å²) >= 11 is 1.37. The zero-order valence-corrected chi connectivity index (χ0v) is 19.7. The highest BCUT2D eigenvalue weighted by atomic mass is 32.1. The number of halogens is 2. The molecule has 5 aromatic rings. The van der Waals surface area contributed by atoms with Crippen LogP contribution in [0.4, 0.5) is 8.78 Å². The number of thiophene rings is 1. The van der Waals surface area contributed by atoms with Crippen LogP contribution in [0.3, 0.4) is 0 Å². The summed E-state index contributed by atoms with van der Waals surface area (Å²) in [6.45, 7) is 4.87. The minimum absolute atomic E-state index is 0.0264. The van der Waals surface area contributed by atoms with E-state index in [0.717, 1.165) is 40.9 Å². The summed E-state index contributed by atoms with van der Waals surface area (Å²) in [6, 6.07) is 7.08. The van der Waals surface area contributed by atoms with E-state index in [-0.39, 0.29) is 28.5 Å². The van der Waals surface area contributed by atoms with Gasteiger partial charge in [0.1, 0.15) is 11.5 Å². The van der Waals surface area contributed by atoms with Crippen LogP contribution in [0, 0.1) is 25.5 Å². The second-order valence-corrected chi connectivity index (χ2v) is 9.65. The molecule has 0 N–H and O–H groups in total. The Kier molecular flexibility index (Phi) is 5.15. The Bertz CT molecular complexity index is 1690. The molecule has 1 aliphatic rings. The second-order valence-electron chi connectivity index (χ2n) is 8.57. The highest BCUT2D eigenvalue weighted by molar-refractivity contribution is 7.22. The first-order valence-electron chi connectivity index (χ1n) is 11.1. The number of aryl methyl sites for hydroxylation is 2. The number of hydrogen-bond donors (Lipinski definition) is 0. The van der Waals surface area contributed by atoms with Crippen LogP contribution < -0.4 is 5.43 Å². The molecule has 0 spiro atoms. The molecule has 1 aromatic carbocycles. The van der Waals surface area contributed by atoms with Crippen molar-refractivity contribution in [2.24, 2.45) is 0 Å². The molecule has 6 rings (SSSR count). The van der Waals surface area contributed by atoms with Gasteiger partial charge in [0.2, 0.25) is 5.43 Å². The Hall–Kier alpha value is -3.63. The second kappa shape index (κ2) is 8.24. The summed E-state index contributed by atoms with van der Waals surface area (Å²) in [5, 5.41) is 5.45. The van der Waals surface area contributed by atoms with Crippen molar-refractivity contribution in [2.45, 2.75) is 26.2 Å². The van der Waals surface area contributed by atoms with Gasteiger partial charge in [-0.1, -0.05) is 0 Å². The van der Waals surface area contributed by atoms with Gasteiger partial charge in [0, 0.05) is 30.5 Å². The zero-order chi connectivity index (χ0) is 24.3. The number of ether oxygens (including phenoxy) is 1. The summed E-state index contributed by atoms with van der Waals surface area (Å²) < 4.78 is 36.0. The molecule has 7 nitrogen and oxygen atoms in total. The highest BCUT2D eigenvalue weighted by Gasteiger charge is 2.22. The van der Waals surface area contributed by atoms with Gasteiger partial charge in [-0.3, -0.25) is 9.78 Å². The van der Waals surface area contributed by atoms with E-state index in [1.807, 2.05) is 12.1 Å². The molecule has 10 heteroatoms. The predicted molar refractivity (Wildman–Crippen MR) is 129 cm³/mol. The first-order chi connectivity index (χ1) is 16.9. The van der Waals surface area contributed by atoms with Crippen LogP contribution in [0.15, 0.2) is 41.3 Å². The van der Waals surface area contributed by atoms with Crippen molar-refractivity contribution in [3.8, 4) is 16.3 Å². The molecular weight excluding hydrogens is 472 g/mol.